The van der Waals surface area contributed by atoms with Crippen molar-refractivity contribution in [3.63, 3.8) is 0 Å². The zero-order valence-corrected chi connectivity index (χ0v) is 10.9. The fourth-order valence-electron chi connectivity index (χ4n) is 3.06. The van der Waals surface area contributed by atoms with Gasteiger partial charge in [-0.15, -0.1) is 0 Å². The molecule has 0 radical (unpaired) electrons. The average Bonchev–Trinajstić information content (AvgIpc) is 2.63. The highest BCUT2D eigenvalue weighted by atomic mass is 15.2. The molecule has 0 aliphatic carbocycles. The van der Waals surface area contributed by atoms with Crippen LogP contribution in [-0.4, -0.2) is 62.7 Å². The molecule has 2 fully saturated rings. The molecule has 0 spiro atoms. The molecule has 94 valence electrons. The Bertz CT molecular complexity index is 205. The molecule has 2 rings (SSSR count). The van der Waals surface area contributed by atoms with Crippen molar-refractivity contribution in [1.29, 1.82) is 0 Å². The van der Waals surface area contributed by atoms with E-state index in [-0.39, 0.29) is 0 Å². The van der Waals surface area contributed by atoms with Gasteiger partial charge in [-0.1, -0.05) is 0 Å². The number of nitrogens with zero attached hydrogens (tertiary/aromatic N) is 2. The quantitative estimate of drug-likeness (QED) is 0.681. The lowest BCUT2D eigenvalue weighted by molar-refractivity contribution is 0.220. The van der Waals surface area contributed by atoms with Gasteiger partial charge in [0.1, 0.15) is 0 Å². The first-order chi connectivity index (χ1) is 7.75. The van der Waals surface area contributed by atoms with E-state index in [2.05, 4.69) is 29.2 Å². The third-order valence-corrected chi connectivity index (χ3v) is 4.07. The predicted octanol–water partition coefficient (Wildman–Crippen LogP) is 1.01. The molecular weight excluding hydrogens is 198 g/mol. The van der Waals surface area contributed by atoms with Crippen molar-refractivity contribution in [2.75, 3.05) is 46.8 Å². The molecule has 0 amide bonds. The summed E-state index contributed by atoms with van der Waals surface area (Å²) < 4.78 is 0. The Morgan fingerprint density at radius 1 is 1.19 bits per heavy atom. The van der Waals surface area contributed by atoms with Crippen LogP contribution in [0.1, 0.15) is 25.7 Å². The fraction of sp³-hybridized carbons (Fsp3) is 1.00. The SMILES string of the molecule is CN(C)CCCCNC1CCN2CCC1C2. The third kappa shape index (κ3) is 3.44. The molecule has 0 aromatic carbocycles. The van der Waals surface area contributed by atoms with Crippen molar-refractivity contribution in [2.24, 2.45) is 5.92 Å². The van der Waals surface area contributed by atoms with Crippen LogP contribution in [0.5, 0.6) is 0 Å². The summed E-state index contributed by atoms with van der Waals surface area (Å²) in [7, 11) is 4.31. The van der Waals surface area contributed by atoms with Crippen LogP contribution in [-0.2, 0) is 0 Å². The summed E-state index contributed by atoms with van der Waals surface area (Å²) in [4.78, 5) is 4.89. The van der Waals surface area contributed by atoms with Gasteiger partial charge in [0.05, 0.1) is 0 Å². The number of hydrogen-bond acceptors (Lipinski definition) is 3. The van der Waals surface area contributed by atoms with E-state index in [1.54, 1.807) is 0 Å². The predicted molar refractivity (Wildman–Crippen MR) is 68.7 cm³/mol. The minimum absolute atomic E-state index is 0.818. The zero-order chi connectivity index (χ0) is 11.4. The van der Waals surface area contributed by atoms with Gasteiger partial charge in [0.2, 0.25) is 0 Å². The maximum Gasteiger partial charge on any atom is 0.0120 e. The van der Waals surface area contributed by atoms with Gasteiger partial charge in [-0.25, -0.2) is 0 Å². The first-order valence-electron chi connectivity index (χ1n) is 6.86. The highest BCUT2D eigenvalue weighted by molar-refractivity contribution is 4.90. The molecule has 0 aromatic rings. The molecule has 2 aliphatic rings. The van der Waals surface area contributed by atoms with Gasteiger partial charge in [0, 0.05) is 12.6 Å². The second-order valence-electron chi connectivity index (χ2n) is 5.71. The lowest BCUT2D eigenvalue weighted by atomic mass is 9.94. The van der Waals surface area contributed by atoms with Gasteiger partial charge in [-0.2, -0.15) is 0 Å². The van der Waals surface area contributed by atoms with E-state index in [0.29, 0.717) is 0 Å². The Labute approximate surface area is 100 Å². The van der Waals surface area contributed by atoms with Crippen molar-refractivity contribution >= 4 is 0 Å². The maximum absolute atomic E-state index is 3.78. The van der Waals surface area contributed by atoms with Gasteiger partial charge in [-0.3, -0.25) is 0 Å². The lowest BCUT2D eigenvalue weighted by Gasteiger charge is -2.31. The van der Waals surface area contributed by atoms with Crippen molar-refractivity contribution in [1.82, 2.24) is 15.1 Å². The van der Waals surface area contributed by atoms with Gasteiger partial charge in [-0.05, 0) is 71.9 Å². The molecule has 3 unspecified atom stereocenters. The Morgan fingerprint density at radius 2 is 2.00 bits per heavy atom. The van der Waals surface area contributed by atoms with E-state index in [1.807, 2.05) is 0 Å². The number of nitrogens with one attached hydrogen (secondary N) is 1. The van der Waals surface area contributed by atoms with Gasteiger partial charge in [0.15, 0.2) is 0 Å². The average molecular weight is 225 g/mol. The summed E-state index contributed by atoms with van der Waals surface area (Å²) in [6, 6.07) is 0.818. The highest BCUT2D eigenvalue weighted by Crippen LogP contribution is 2.26. The summed E-state index contributed by atoms with van der Waals surface area (Å²) >= 11 is 0. The summed E-state index contributed by atoms with van der Waals surface area (Å²) in [6.07, 6.45) is 5.45. The van der Waals surface area contributed by atoms with E-state index < -0.39 is 0 Å². The number of hydrogen-bond donors (Lipinski definition) is 1. The molecule has 2 saturated heterocycles. The molecule has 3 heteroatoms. The number of fused-ring (bicyclic) bond motifs is 2. The van der Waals surface area contributed by atoms with Crippen LogP contribution in [0, 0.1) is 5.92 Å². The molecule has 16 heavy (non-hydrogen) atoms. The van der Waals surface area contributed by atoms with Crippen molar-refractivity contribution in [3.8, 4) is 0 Å². The van der Waals surface area contributed by atoms with Crippen molar-refractivity contribution in [2.45, 2.75) is 31.7 Å². The van der Waals surface area contributed by atoms with Crippen LogP contribution in [0.15, 0.2) is 0 Å². The normalized spacial score (nSPS) is 33.6. The topological polar surface area (TPSA) is 18.5 Å². The standard InChI is InChI=1S/C13H27N3/c1-15(2)8-4-3-7-14-13-6-10-16-9-5-12(13)11-16/h12-14H,3-11H2,1-2H3. The molecule has 3 nitrogen and oxygen atoms in total. The second kappa shape index (κ2) is 5.99. The van der Waals surface area contributed by atoms with Crippen molar-refractivity contribution < 1.29 is 0 Å². The molecule has 1 N–H and O–H groups in total. The Balaban J connectivity index is 1.56. The summed E-state index contributed by atoms with van der Waals surface area (Å²) in [5.41, 5.74) is 0. The molecule has 0 saturated carbocycles. The monoisotopic (exact) mass is 225 g/mol. The van der Waals surface area contributed by atoms with Crippen LogP contribution in [0.25, 0.3) is 0 Å². The summed E-state index contributed by atoms with van der Waals surface area (Å²) in [6.45, 7) is 6.48. The number of unbranched alkanes of at least 4 members (excludes halogenated alkanes) is 1. The summed E-state index contributed by atoms with van der Waals surface area (Å²) in [5.74, 6) is 0.947. The smallest absolute Gasteiger partial charge is 0.0120 e. The van der Waals surface area contributed by atoms with Crippen LogP contribution >= 0.6 is 0 Å². The van der Waals surface area contributed by atoms with Crippen molar-refractivity contribution in [3.05, 3.63) is 0 Å². The van der Waals surface area contributed by atoms with E-state index in [9.17, 15) is 0 Å². The fourth-order valence-corrected chi connectivity index (χ4v) is 3.06. The molecule has 0 aromatic heterocycles. The zero-order valence-electron chi connectivity index (χ0n) is 10.9. The Hall–Kier alpha value is -0.120. The number of rotatable bonds is 6. The van der Waals surface area contributed by atoms with Crippen LogP contribution < -0.4 is 5.32 Å². The molecule has 2 heterocycles. The molecule has 2 bridgehead atoms. The minimum Gasteiger partial charge on any atom is -0.314 e. The van der Waals surface area contributed by atoms with Gasteiger partial charge in [0.25, 0.3) is 0 Å². The molecule has 3 atom stereocenters. The largest absolute Gasteiger partial charge is 0.314 e. The van der Waals surface area contributed by atoms with E-state index >= 15 is 0 Å². The maximum atomic E-state index is 3.78. The van der Waals surface area contributed by atoms with E-state index in [4.69, 9.17) is 0 Å². The number of piperidine rings is 1. The van der Waals surface area contributed by atoms with E-state index in [1.165, 1.54) is 58.4 Å². The van der Waals surface area contributed by atoms with Gasteiger partial charge >= 0.3 is 0 Å². The van der Waals surface area contributed by atoms with Gasteiger partial charge < -0.3 is 15.1 Å². The Morgan fingerprint density at radius 3 is 2.81 bits per heavy atom. The Kier molecular flexibility index (Phi) is 4.62. The summed E-state index contributed by atoms with van der Waals surface area (Å²) in [5, 5.41) is 3.78. The molecule has 2 aliphatic heterocycles. The minimum atomic E-state index is 0.818. The van der Waals surface area contributed by atoms with Crippen LogP contribution in [0.2, 0.25) is 0 Å². The van der Waals surface area contributed by atoms with E-state index in [0.717, 1.165) is 12.0 Å². The second-order valence-corrected chi connectivity index (χ2v) is 5.71. The van der Waals surface area contributed by atoms with Crippen LogP contribution in [0.3, 0.4) is 0 Å². The lowest BCUT2D eigenvalue weighted by Crippen LogP contribution is -2.44. The first kappa shape index (κ1) is 12.3. The highest BCUT2D eigenvalue weighted by Gasteiger charge is 2.33. The molecular formula is C13H27N3. The third-order valence-electron chi connectivity index (χ3n) is 4.07. The first-order valence-corrected chi connectivity index (χ1v) is 6.86. The van der Waals surface area contributed by atoms with Crippen LogP contribution in [0.4, 0.5) is 0 Å².